The first-order valence-electron chi connectivity index (χ1n) is 6.50. The van der Waals surface area contributed by atoms with Crippen LogP contribution in [0.3, 0.4) is 0 Å². The molecule has 1 aliphatic carbocycles. The maximum absolute atomic E-state index is 5.74. The molecule has 0 spiro atoms. The number of aromatic nitrogens is 2. The van der Waals surface area contributed by atoms with Gasteiger partial charge in [0.15, 0.2) is 0 Å². The summed E-state index contributed by atoms with van der Waals surface area (Å²) in [5.74, 6) is 0.834. The highest BCUT2D eigenvalue weighted by molar-refractivity contribution is 4.93. The summed E-state index contributed by atoms with van der Waals surface area (Å²) >= 11 is 0. The van der Waals surface area contributed by atoms with Crippen LogP contribution in [0.4, 0.5) is 0 Å². The van der Waals surface area contributed by atoms with Crippen molar-refractivity contribution < 1.29 is 4.74 Å². The third kappa shape index (κ3) is 3.97. The van der Waals surface area contributed by atoms with Gasteiger partial charge in [0.2, 0.25) is 0 Å². The van der Waals surface area contributed by atoms with Gasteiger partial charge < -0.3 is 9.72 Å². The van der Waals surface area contributed by atoms with Crippen molar-refractivity contribution in [2.45, 2.75) is 44.9 Å². The number of imidazole rings is 1. The van der Waals surface area contributed by atoms with Gasteiger partial charge in [-0.3, -0.25) is 0 Å². The quantitative estimate of drug-likeness (QED) is 0.751. The number of nitrogens with one attached hydrogen (secondary N) is 1. The van der Waals surface area contributed by atoms with Gasteiger partial charge in [-0.1, -0.05) is 19.3 Å². The average molecular weight is 222 g/mol. The Morgan fingerprint density at radius 2 is 2.19 bits per heavy atom. The van der Waals surface area contributed by atoms with E-state index in [1.54, 1.807) is 6.33 Å². The molecule has 1 saturated carbocycles. The highest BCUT2D eigenvalue weighted by Gasteiger charge is 2.12. The van der Waals surface area contributed by atoms with Crippen LogP contribution in [0, 0.1) is 5.92 Å². The molecule has 1 aromatic rings. The highest BCUT2D eigenvalue weighted by Crippen LogP contribution is 2.23. The van der Waals surface area contributed by atoms with Gasteiger partial charge in [0.05, 0.1) is 6.33 Å². The average Bonchev–Trinajstić information content (AvgIpc) is 2.83. The zero-order valence-electron chi connectivity index (χ0n) is 9.95. The molecule has 1 fully saturated rings. The predicted octanol–water partition coefficient (Wildman–Crippen LogP) is 2.94. The second-order valence-corrected chi connectivity index (χ2v) is 4.76. The first-order valence-corrected chi connectivity index (χ1v) is 6.50. The predicted molar refractivity (Wildman–Crippen MR) is 64.3 cm³/mol. The van der Waals surface area contributed by atoms with Crippen LogP contribution in [-0.2, 0) is 11.2 Å². The Labute approximate surface area is 97.6 Å². The van der Waals surface area contributed by atoms with Crippen LogP contribution >= 0.6 is 0 Å². The van der Waals surface area contributed by atoms with E-state index in [0.717, 1.165) is 32.0 Å². The maximum atomic E-state index is 5.74. The van der Waals surface area contributed by atoms with E-state index in [1.807, 2.05) is 6.20 Å². The minimum absolute atomic E-state index is 0.834. The number of H-pyrrole nitrogens is 1. The molecule has 90 valence electrons. The zero-order valence-corrected chi connectivity index (χ0v) is 9.95. The maximum Gasteiger partial charge on any atom is 0.0921 e. The van der Waals surface area contributed by atoms with Crippen LogP contribution in [0.2, 0.25) is 0 Å². The molecule has 1 aliphatic rings. The van der Waals surface area contributed by atoms with Gasteiger partial charge >= 0.3 is 0 Å². The number of hydrogen-bond acceptors (Lipinski definition) is 2. The van der Waals surface area contributed by atoms with E-state index in [9.17, 15) is 0 Å². The third-order valence-electron chi connectivity index (χ3n) is 3.37. The lowest BCUT2D eigenvalue weighted by Crippen LogP contribution is -2.13. The minimum atomic E-state index is 0.834. The van der Waals surface area contributed by atoms with Gasteiger partial charge in [0.1, 0.15) is 0 Å². The van der Waals surface area contributed by atoms with Gasteiger partial charge in [-0.05, 0) is 31.6 Å². The molecule has 3 heteroatoms. The number of rotatable bonds is 6. The molecule has 0 radical (unpaired) electrons. The molecule has 0 saturated heterocycles. The molecule has 0 unspecified atom stereocenters. The second-order valence-electron chi connectivity index (χ2n) is 4.76. The van der Waals surface area contributed by atoms with Crippen molar-refractivity contribution >= 4 is 0 Å². The smallest absolute Gasteiger partial charge is 0.0921 e. The van der Waals surface area contributed by atoms with Gasteiger partial charge in [0, 0.05) is 25.1 Å². The fourth-order valence-electron chi connectivity index (χ4n) is 2.39. The SMILES string of the molecule is c1ncc(CCCOCC2CCCCC2)[nH]1. The fourth-order valence-corrected chi connectivity index (χ4v) is 2.39. The van der Waals surface area contributed by atoms with Crippen LogP contribution in [0.15, 0.2) is 12.5 Å². The molecule has 0 bridgehead atoms. The number of nitrogens with zero attached hydrogens (tertiary/aromatic N) is 1. The van der Waals surface area contributed by atoms with E-state index in [2.05, 4.69) is 9.97 Å². The van der Waals surface area contributed by atoms with Crippen molar-refractivity contribution in [2.24, 2.45) is 5.92 Å². The first kappa shape index (κ1) is 11.6. The summed E-state index contributed by atoms with van der Waals surface area (Å²) in [6.45, 7) is 1.86. The van der Waals surface area contributed by atoms with E-state index in [-0.39, 0.29) is 0 Å². The number of aromatic amines is 1. The van der Waals surface area contributed by atoms with Crippen molar-refractivity contribution in [1.29, 1.82) is 0 Å². The van der Waals surface area contributed by atoms with Crippen molar-refractivity contribution in [3.05, 3.63) is 18.2 Å². The molecule has 1 heterocycles. The van der Waals surface area contributed by atoms with E-state index in [1.165, 1.54) is 37.8 Å². The number of ether oxygens (including phenoxy) is 1. The van der Waals surface area contributed by atoms with E-state index in [0.29, 0.717) is 0 Å². The van der Waals surface area contributed by atoms with Crippen molar-refractivity contribution in [1.82, 2.24) is 9.97 Å². The lowest BCUT2D eigenvalue weighted by molar-refractivity contribution is 0.0837. The zero-order chi connectivity index (χ0) is 11.1. The standard InChI is InChI=1S/C13H22N2O/c1-2-5-12(6-3-1)10-16-8-4-7-13-9-14-11-15-13/h9,11-12H,1-8,10H2,(H,14,15). The largest absolute Gasteiger partial charge is 0.381 e. The van der Waals surface area contributed by atoms with E-state index < -0.39 is 0 Å². The first-order chi connectivity index (χ1) is 7.95. The molecule has 0 aromatic carbocycles. The molecule has 2 rings (SSSR count). The monoisotopic (exact) mass is 222 g/mol. The summed E-state index contributed by atoms with van der Waals surface area (Å²) in [5, 5.41) is 0. The highest BCUT2D eigenvalue weighted by atomic mass is 16.5. The Bertz CT molecular complexity index is 265. The van der Waals surface area contributed by atoms with Crippen LogP contribution < -0.4 is 0 Å². The van der Waals surface area contributed by atoms with E-state index in [4.69, 9.17) is 4.74 Å². The molecular weight excluding hydrogens is 200 g/mol. The summed E-state index contributed by atoms with van der Waals surface area (Å²) in [6, 6.07) is 0. The lowest BCUT2D eigenvalue weighted by Gasteiger charge is -2.21. The fraction of sp³-hybridized carbons (Fsp3) is 0.769. The molecule has 1 N–H and O–H groups in total. The van der Waals surface area contributed by atoms with Crippen molar-refractivity contribution in [2.75, 3.05) is 13.2 Å². The number of aryl methyl sites for hydroxylation is 1. The Morgan fingerprint density at radius 1 is 1.31 bits per heavy atom. The van der Waals surface area contributed by atoms with Crippen LogP contribution in [0.1, 0.15) is 44.2 Å². The second kappa shape index (κ2) is 6.69. The Morgan fingerprint density at radius 3 is 2.94 bits per heavy atom. The van der Waals surface area contributed by atoms with Gasteiger partial charge in [-0.2, -0.15) is 0 Å². The minimum Gasteiger partial charge on any atom is -0.381 e. The third-order valence-corrected chi connectivity index (χ3v) is 3.37. The molecule has 0 atom stereocenters. The summed E-state index contributed by atoms with van der Waals surface area (Å²) in [5.41, 5.74) is 1.21. The molecule has 0 amide bonds. The van der Waals surface area contributed by atoms with Gasteiger partial charge in [-0.15, -0.1) is 0 Å². The Kier molecular flexibility index (Phi) is 4.87. The summed E-state index contributed by atoms with van der Waals surface area (Å²) in [4.78, 5) is 7.11. The summed E-state index contributed by atoms with van der Waals surface area (Å²) in [7, 11) is 0. The molecule has 0 aliphatic heterocycles. The topological polar surface area (TPSA) is 37.9 Å². The molecular formula is C13H22N2O. The summed E-state index contributed by atoms with van der Waals surface area (Å²) in [6.07, 6.45) is 12.8. The van der Waals surface area contributed by atoms with E-state index >= 15 is 0 Å². The van der Waals surface area contributed by atoms with Crippen molar-refractivity contribution in [3.8, 4) is 0 Å². The van der Waals surface area contributed by atoms with Gasteiger partial charge in [0.25, 0.3) is 0 Å². The lowest BCUT2D eigenvalue weighted by atomic mass is 9.90. The van der Waals surface area contributed by atoms with Crippen LogP contribution in [0.25, 0.3) is 0 Å². The Hall–Kier alpha value is -0.830. The molecule has 1 aromatic heterocycles. The van der Waals surface area contributed by atoms with Crippen molar-refractivity contribution in [3.63, 3.8) is 0 Å². The number of hydrogen-bond donors (Lipinski definition) is 1. The van der Waals surface area contributed by atoms with Crippen LogP contribution in [0.5, 0.6) is 0 Å². The molecule has 3 nitrogen and oxygen atoms in total. The van der Waals surface area contributed by atoms with Crippen LogP contribution in [-0.4, -0.2) is 23.2 Å². The Balaban J connectivity index is 1.48. The summed E-state index contributed by atoms with van der Waals surface area (Å²) < 4.78 is 5.74. The van der Waals surface area contributed by atoms with Gasteiger partial charge in [-0.25, -0.2) is 4.98 Å². The normalized spacial score (nSPS) is 17.8. The molecule has 16 heavy (non-hydrogen) atoms.